The van der Waals surface area contributed by atoms with Crippen molar-refractivity contribution in [3.05, 3.63) is 41.1 Å². The van der Waals surface area contributed by atoms with Gasteiger partial charge >= 0.3 is 0 Å². The van der Waals surface area contributed by atoms with E-state index in [1.165, 1.54) is 18.4 Å². The summed E-state index contributed by atoms with van der Waals surface area (Å²) in [5.74, 6) is 0.0232. The maximum Gasteiger partial charge on any atom is 0.178 e. The number of aryl methyl sites for hydroxylation is 2. The van der Waals surface area contributed by atoms with Gasteiger partial charge in [-0.2, -0.15) is 0 Å². The second kappa shape index (κ2) is 5.30. The zero-order valence-electron chi connectivity index (χ0n) is 11.3. The van der Waals surface area contributed by atoms with Gasteiger partial charge in [0.15, 0.2) is 5.78 Å². The van der Waals surface area contributed by atoms with Crippen molar-refractivity contribution in [2.45, 2.75) is 40.0 Å². The molecule has 0 saturated carbocycles. The molecule has 0 radical (unpaired) electrons. The SMILES string of the molecule is CCCCc1ccc2nc(C(C)=O)cc(C)c2c1. The largest absolute Gasteiger partial charge is 0.293 e. The summed E-state index contributed by atoms with van der Waals surface area (Å²) in [6.07, 6.45) is 3.53. The van der Waals surface area contributed by atoms with E-state index in [2.05, 4.69) is 24.0 Å². The highest BCUT2D eigenvalue weighted by molar-refractivity contribution is 5.95. The van der Waals surface area contributed by atoms with Crippen molar-refractivity contribution in [1.29, 1.82) is 0 Å². The Bertz CT molecular complexity index is 587. The average Bonchev–Trinajstić information content (AvgIpc) is 2.36. The van der Waals surface area contributed by atoms with Crippen LogP contribution in [-0.2, 0) is 6.42 Å². The standard InChI is InChI=1S/C16H19NO/c1-4-5-6-13-7-8-15-14(10-13)11(2)9-16(17-15)12(3)18/h7-10H,4-6H2,1-3H3. The van der Waals surface area contributed by atoms with Crippen LogP contribution in [0.4, 0.5) is 0 Å². The summed E-state index contributed by atoms with van der Waals surface area (Å²) < 4.78 is 0. The molecule has 0 aliphatic carbocycles. The maximum absolute atomic E-state index is 11.4. The summed E-state index contributed by atoms with van der Waals surface area (Å²) in [6, 6.07) is 8.24. The number of nitrogens with zero attached hydrogens (tertiary/aromatic N) is 1. The molecule has 1 heterocycles. The Labute approximate surface area is 108 Å². The van der Waals surface area contributed by atoms with Crippen LogP contribution in [0.1, 0.15) is 48.3 Å². The number of pyridine rings is 1. The molecular formula is C16H19NO. The minimum atomic E-state index is 0.0232. The Morgan fingerprint density at radius 1 is 1.28 bits per heavy atom. The molecule has 0 unspecified atom stereocenters. The monoisotopic (exact) mass is 241 g/mol. The number of hydrogen-bond donors (Lipinski definition) is 0. The van der Waals surface area contributed by atoms with Crippen LogP contribution in [0.2, 0.25) is 0 Å². The van der Waals surface area contributed by atoms with E-state index in [0.717, 1.165) is 22.9 Å². The molecular weight excluding hydrogens is 222 g/mol. The zero-order valence-corrected chi connectivity index (χ0v) is 11.3. The third-order valence-electron chi connectivity index (χ3n) is 3.26. The van der Waals surface area contributed by atoms with E-state index in [0.29, 0.717) is 5.69 Å². The highest BCUT2D eigenvalue weighted by Crippen LogP contribution is 2.20. The third-order valence-corrected chi connectivity index (χ3v) is 3.26. The van der Waals surface area contributed by atoms with Crippen LogP contribution in [0.15, 0.2) is 24.3 Å². The molecule has 0 spiro atoms. The summed E-state index contributed by atoms with van der Waals surface area (Å²) in [7, 11) is 0. The molecule has 1 aromatic heterocycles. The maximum atomic E-state index is 11.4. The molecule has 0 aliphatic heterocycles. The molecule has 0 saturated heterocycles. The lowest BCUT2D eigenvalue weighted by molar-refractivity contribution is 0.101. The van der Waals surface area contributed by atoms with Gasteiger partial charge in [0, 0.05) is 12.3 Å². The lowest BCUT2D eigenvalue weighted by Crippen LogP contribution is -1.98. The summed E-state index contributed by atoms with van der Waals surface area (Å²) in [5.41, 5.74) is 3.95. The Kier molecular flexibility index (Phi) is 3.75. The molecule has 2 heteroatoms. The molecule has 0 atom stereocenters. The highest BCUT2D eigenvalue weighted by Gasteiger charge is 2.06. The van der Waals surface area contributed by atoms with Crippen LogP contribution in [0.3, 0.4) is 0 Å². The van der Waals surface area contributed by atoms with Crippen LogP contribution in [0, 0.1) is 6.92 Å². The summed E-state index contributed by atoms with van der Waals surface area (Å²) in [5, 5.41) is 1.16. The molecule has 1 aromatic carbocycles. The first-order valence-corrected chi connectivity index (χ1v) is 6.53. The first kappa shape index (κ1) is 12.7. The molecule has 0 bridgehead atoms. The molecule has 94 valence electrons. The molecule has 2 nitrogen and oxygen atoms in total. The molecule has 18 heavy (non-hydrogen) atoms. The minimum absolute atomic E-state index is 0.0232. The zero-order chi connectivity index (χ0) is 13.1. The molecule has 0 amide bonds. The number of benzene rings is 1. The number of aromatic nitrogens is 1. The molecule has 0 N–H and O–H groups in total. The summed E-state index contributed by atoms with van der Waals surface area (Å²) >= 11 is 0. The van der Waals surface area contributed by atoms with E-state index in [9.17, 15) is 4.79 Å². The van der Waals surface area contributed by atoms with Crippen molar-refractivity contribution >= 4 is 16.7 Å². The third kappa shape index (κ3) is 2.58. The van der Waals surface area contributed by atoms with Crippen molar-refractivity contribution in [1.82, 2.24) is 4.98 Å². The van der Waals surface area contributed by atoms with E-state index >= 15 is 0 Å². The molecule has 0 fully saturated rings. The Hall–Kier alpha value is -1.70. The predicted octanol–water partition coefficient (Wildman–Crippen LogP) is 4.09. The van der Waals surface area contributed by atoms with Crippen LogP contribution in [0.25, 0.3) is 10.9 Å². The van der Waals surface area contributed by atoms with Crippen molar-refractivity contribution in [3.63, 3.8) is 0 Å². The number of carbonyl (C=O) groups is 1. The van der Waals surface area contributed by atoms with Crippen molar-refractivity contribution in [3.8, 4) is 0 Å². The normalized spacial score (nSPS) is 10.8. The van der Waals surface area contributed by atoms with Gasteiger partial charge in [0.05, 0.1) is 5.52 Å². The van der Waals surface area contributed by atoms with Gasteiger partial charge in [-0.25, -0.2) is 4.98 Å². The number of hydrogen-bond acceptors (Lipinski definition) is 2. The topological polar surface area (TPSA) is 30.0 Å². The van der Waals surface area contributed by atoms with Crippen molar-refractivity contribution in [2.75, 3.05) is 0 Å². The van der Waals surface area contributed by atoms with Crippen LogP contribution < -0.4 is 0 Å². The second-order valence-corrected chi connectivity index (χ2v) is 4.84. The lowest BCUT2D eigenvalue weighted by Gasteiger charge is -2.07. The van der Waals surface area contributed by atoms with Crippen molar-refractivity contribution < 1.29 is 4.79 Å². The molecule has 2 rings (SSSR count). The van der Waals surface area contributed by atoms with Crippen LogP contribution in [0.5, 0.6) is 0 Å². The fourth-order valence-electron chi connectivity index (χ4n) is 2.16. The van der Waals surface area contributed by atoms with Gasteiger partial charge in [-0.15, -0.1) is 0 Å². The van der Waals surface area contributed by atoms with E-state index < -0.39 is 0 Å². The number of Topliss-reactive ketones (excluding diaryl/α,β-unsaturated/α-hetero) is 1. The van der Waals surface area contributed by atoms with Crippen LogP contribution >= 0.6 is 0 Å². The number of fused-ring (bicyclic) bond motifs is 1. The van der Waals surface area contributed by atoms with Gasteiger partial charge in [-0.1, -0.05) is 19.4 Å². The second-order valence-electron chi connectivity index (χ2n) is 4.84. The van der Waals surface area contributed by atoms with Gasteiger partial charge in [0.2, 0.25) is 0 Å². The average molecular weight is 241 g/mol. The van der Waals surface area contributed by atoms with Gasteiger partial charge in [0.1, 0.15) is 5.69 Å². The minimum Gasteiger partial charge on any atom is -0.293 e. The van der Waals surface area contributed by atoms with E-state index in [4.69, 9.17) is 0 Å². The first-order valence-electron chi connectivity index (χ1n) is 6.53. The number of rotatable bonds is 4. The smallest absolute Gasteiger partial charge is 0.178 e. The predicted molar refractivity (Wildman–Crippen MR) is 75.1 cm³/mol. The molecule has 0 aliphatic rings. The molecule has 2 aromatic rings. The number of ketones is 1. The lowest BCUT2D eigenvalue weighted by atomic mass is 10.0. The van der Waals surface area contributed by atoms with E-state index in [1.54, 1.807) is 6.92 Å². The Morgan fingerprint density at radius 3 is 2.72 bits per heavy atom. The Balaban J connectivity index is 2.47. The summed E-state index contributed by atoms with van der Waals surface area (Å²) in [4.78, 5) is 15.8. The Morgan fingerprint density at radius 2 is 2.06 bits per heavy atom. The highest BCUT2D eigenvalue weighted by atomic mass is 16.1. The van der Waals surface area contributed by atoms with Crippen LogP contribution in [-0.4, -0.2) is 10.8 Å². The quantitative estimate of drug-likeness (QED) is 0.755. The first-order chi connectivity index (χ1) is 8.61. The fourth-order valence-corrected chi connectivity index (χ4v) is 2.16. The van der Waals surface area contributed by atoms with Gasteiger partial charge < -0.3 is 0 Å². The van der Waals surface area contributed by atoms with Crippen molar-refractivity contribution in [2.24, 2.45) is 0 Å². The van der Waals surface area contributed by atoms with Gasteiger partial charge in [0.25, 0.3) is 0 Å². The van der Waals surface area contributed by atoms with E-state index in [1.807, 2.05) is 19.1 Å². The van der Waals surface area contributed by atoms with Gasteiger partial charge in [-0.3, -0.25) is 4.79 Å². The number of carbonyl (C=O) groups excluding carboxylic acids is 1. The van der Waals surface area contributed by atoms with Gasteiger partial charge in [-0.05, 0) is 49.1 Å². The van der Waals surface area contributed by atoms with E-state index in [-0.39, 0.29) is 5.78 Å². The number of unbranched alkanes of at least 4 members (excludes halogenated alkanes) is 1. The summed E-state index contributed by atoms with van der Waals surface area (Å²) in [6.45, 7) is 5.80. The fraction of sp³-hybridized carbons (Fsp3) is 0.375.